The molecule has 0 N–H and O–H groups in total. The number of rotatable bonds is 5. The van der Waals surface area contributed by atoms with Crippen LogP contribution in [0.1, 0.15) is 34.1 Å². The molecule has 3 aromatic rings. The Labute approximate surface area is 189 Å². The molecule has 154 valence electrons. The highest BCUT2D eigenvalue weighted by Gasteiger charge is 2.27. The van der Waals surface area contributed by atoms with Crippen molar-refractivity contribution in [2.75, 3.05) is 5.75 Å². The second kappa shape index (κ2) is 8.61. The molecule has 1 aromatic heterocycles. The third-order valence-electron chi connectivity index (χ3n) is 4.84. The van der Waals surface area contributed by atoms with Gasteiger partial charge in [-0.2, -0.15) is 0 Å². The lowest BCUT2D eigenvalue weighted by Gasteiger charge is -2.15. The molecule has 7 heteroatoms. The van der Waals surface area contributed by atoms with Gasteiger partial charge in [0.15, 0.2) is 10.9 Å². The van der Waals surface area contributed by atoms with E-state index < -0.39 is 0 Å². The molecular weight excluding hydrogens is 436 g/mol. The molecule has 2 aromatic carbocycles. The van der Waals surface area contributed by atoms with E-state index in [1.165, 1.54) is 11.8 Å². The van der Waals surface area contributed by atoms with Crippen LogP contribution < -0.4 is 5.56 Å². The number of thioether (sulfide) groups is 2. The van der Waals surface area contributed by atoms with Crippen molar-refractivity contribution in [2.24, 2.45) is 0 Å². The van der Waals surface area contributed by atoms with Crippen LogP contribution in [-0.4, -0.2) is 26.3 Å². The summed E-state index contributed by atoms with van der Waals surface area (Å²) in [5.74, 6) is 0.168. The maximum atomic E-state index is 13.4. The molecule has 2 heterocycles. The first-order chi connectivity index (χ1) is 14.3. The van der Waals surface area contributed by atoms with Gasteiger partial charge < -0.3 is 0 Å². The number of benzene rings is 2. The summed E-state index contributed by atoms with van der Waals surface area (Å²) in [4.78, 5) is 31.6. The topological polar surface area (TPSA) is 52.0 Å². The zero-order chi connectivity index (χ0) is 21.4. The number of fused-ring (bicyclic) bond motifs is 1. The molecule has 0 amide bonds. The number of nitrogens with zero attached hydrogens (tertiary/aromatic N) is 2. The van der Waals surface area contributed by atoms with Crippen LogP contribution in [0.5, 0.6) is 0 Å². The maximum absolute atomic E-state index is 13.4. The molecule has 0 fully saturated rings. The van der Waals surface area contributed by atoms with Crippen molar-refractivity contribution in [3.63, 3.8) is 0 Å². The lowest BCUT2D eigenvalue weighted by atomic mass is 10.1. The van der Waals surface area contributed by atoms with Gasteiger partial charge in [0.25, 0.3) is 5.56 Å². The quantitative estimate of drug-likeness (QED) is 0.287. The van der Waals surface area contributed by atoms with Crippen LogP contribution in [0, 0.1) is 13.8 Å². The standard InChI is InChI=1S/C23H21ClN2O2S2/c1-13-8-14(2)10-18(9-13)26-22(28)21-19(11-15(3)30-21)25-23(26)29-12-20(27)16-4-6-17(24)7-5-16/h4-10,15H,11-12H2,1-3H3/t15-/m0/s1. The summed E-state index contributed by atoms with van der Waals surface area (Å²) in [6, 6.07) is 12.9. The minimum absolute atomic E-state index is 0.0267. The van der Waals surface area contributed by atoms with Crippen LogP contribution in [0.25, 0.3) is 5.69 Å². The first-order valence-corrected chi connectivity index (χ1v) is 11.9. The minimum atomic E-state index is -0.0548. The second-order valence-corrected chi connectivity index (χ2v) is 10.3. The molecule has 0 bridgehead atoms. The van der Waals surface area contributed by atoms with Crippen LogP contribution in [0.2, 0.25) is 5.02 Å². The van der Waals surface area contributed by atoms with Crippen molar-refractivity contribution in [1.82, 2.24) is 9.55 Å². The maximum Gasteiger partial charge on any atom is 0.272 e. The molecular formula is C23H21ClN2O2S2. The normalized spacial score (nSPS) is 15.3. The number of aromatic nitrogens is 2. The molecule has 4 rings (SSSR count). The zero-order valence-electron chi connectivity index (χ0n) is 16.9. The third-order valence-corrected chi connectivity index (χ3v) is 7.25. The molecule has 0 radical (unpaired) electrons. The fourth-order valence-corrected chi connectivity index (χ4v) is 5.70. The summed E-state index contributed by atoms with van der Waals surface area (Å²) < 4.78 is 1.66. The van der Waals surface area contributed by atoms with Crippen LogP contribution in [0.3, 0.4) is 0 Å². The van der Waals surface area contributed by atoms with Gasteiger partial charge in [-0.3, -0.25) is 14.2 Å². The van der Waals surface area contributed by atoms with Crippen LogP contribution in [0.15, 0.2) is 57.3 Å². The zero-order valence-corrected chi connectivity index (χ0v) is 19.3. The van der Waals surface area contributed by atoms with Gasteiger partial charge in [0.1, 0.15) is 0 Å². The Balaban J connectivity index is 1.74. The first kappa shape index (κ1) is 21.2. The Hall–Kier alpha value is -2.02. The SMILES string of the molecule is Cc1cc(C)cc(-n2c(SCC(=O)c3ccc(Cl)cc3)nc3c(c2=O)S[C@@H](C)C3)c1. The average molecular weight is 457 g/mol. The molecule has 0 spiro atoms. The third kappa shape index (κ3) is 4.36. The molecule has 0 unspecified atom stereocenters. The monoisotopic (exact) mass is 456 g/mol. The molecule has 1 atom stereocenters. The highest BCUT2D eigenvalue weighted by molar-refractivity contribution is 8.00. The van der Waals surface area contributed by atoms with Crippen molar-refractivity contribution < 1.29 is 4.79 Å². The molecule has 4 nitrogen and oxygen atoms in total. The van der Waals surface area contributed by atoms with E-state index in [1.54, 1.807) is 40.6 Å². The van der Waals surface area contributed by atoms with E-state index in [9.17, 15) is 9.59 Å². The number of halogens is 1. The molecule has 30 heavy (non-hydrogen) atoms. The summed E-state index contributed by atoms with van der Waals surface area (Å²) in [5, 5.41) is 1.47. The summed E-state index contributed by atoms with van der Waals surface area (Å²) >= 11 is 8.80. The number of carbonyl (C=O) groups excluding carboxylic acids is 1. The molecule has 1 aliphatic rings. The van der Waals surface area contributed by atoms with Gasteiger partial charge in [0.2, 0.25) is 0 Å². The van der Waals surface area contributed by atoms with E-state index in [2.05, 4.69) is 13.0 Å². The summed E-state index contributed by atoms with van der Waals surface area (Å²) in [6.07, 6.45) is 0.765. The Kier molecular flexibility index (Phi) is 6.09. The van der Waals surface area contributed by atoms with Crippen molar-refractivity contribution in [3.05, 3.63) is 80.2 Å². The Morgan fingerprint density at radius 1 is 1.20 bits per heavy atom. The van der Waals surface area contributed by atoms with Gasteiger partial charge in [-0.1, -0.05) is 36.4 Å². The van der Waals surface area contributed by atoms with E-state index in [1.807, 2.05) is 26.0 Å². The number of ketones is 1. The van der Waals surface area contributed by atoms with Gasteiger partial charge in [0, 0.05) is 22.3 Å². The van der Waals surface area contributed by atoms with Gasteiger partial charge in [-0.05, 0) is 61.4 Å². The van der Waals surface area contributed by atoms with Gasteiger partial charge >= 0.3 is 0 Å². The van der Waals surface area contributed by atoms with Gasteiger partial charge in [-0.15, -0.1) is 11.8 Å². The average Bonchev–Trinajstić information content (AvgIpc) is 3.06. The number of hydrogen-bond donors (Lipinski definition) is 0. The Morgan fingerprint density at radius 2 is 1.87 bits per heavy atom. The van der Waals surface area contributed by atoms with Crippen molar-refractivity contribution in [1.29, 1.82) is 0 Å². The predicted molar refractivity (Wildman–Crippen MR) is 125 cm³/mol. The fraction of sp³-hybridized carbons (Fsp3) is 0.261. The van der Waals surface area contributed by atoms with Gasteiger partial charge in [-0.25, -0.2) is 4.98 Å². The van der Waals surface area contributed by atoms with Crippen LogP contribution in [-0.2, 0) is 6.42 Å². The summed E-state index contributed by atoms with van der Waals surface area (Å²) in [6.45, 7) is 6.12. The fourth-order valence-electron chi connectivity index (χ4n) is 3.55. The number of aryl methyl sites for hydroxylation is 2. The minimum Gasteiger partial charge on any atom is -0.293 e. The smallest absolute Gasteiger partial charge is 0.272 e. The number of carbonyl (C=O) groups is 1. The van der Waals surface area contributed by atoms with Crippen LogP contribution in [0.4, 0.5) is 0 Å². The van der Waals surface area contributed by atoms with E-state index >= 15 is 0 Å². The van der Waals surface area contributed by atoms with E-state index in [0.29, 0.717) is 21.0 Å². The lowest BCUT2D eigenvalue weighted by molar-refractivity contribution is 0.102. The molecule has 0 aliphatic carbocycles. The number of hydrogen-bond acceptors (Lipinski definition) is 5. The second-order valence-electron chi connectivity index (χ2n) is 7.51. The van der Waals surface area contributed by atoms with E-state index in [4.69, 9.17) is 16.6 Å². The van der Waals surface area contributed by atoms with Crippen molar-refractivity contribution in [3.8, 4) is 5.69 Å². The predicted octanol–water partition coefficient (Wildman–Crippen LogP) is 5.51. The van der Waals surface area contributed by atoms with E-state index in [0.717, 1.165) is 33.8 Å². The molecule has 1 aliphatic heterocycles. The first-order valence-electron chi connectivity index (χ1n) is 9.64. The van der Waals surface area contributed by atoms with Crippen molar-refractivity contribution in [2.45, 2.75) is 42.5 Å². The van der Waals surface area contributed by atoms with Crippen molar-refractivity contribution >= 4 is 40.9 Å². The Morgan fingerprint density at radius 3 is 2.53 bits per heavy atom. The highest BCUT2D eigenvalue weighted by atomic mass is 35.5. The molecule has 0 saturated heterocycles. The van der Waals surface area contributed by atoms with E-state index in [-0.39, 0.29) is 17.1 Å². The summed E-state index contributed by atoms with van der Waals surface area (Å²) in [5.41, 5.74) is 4.31. The summed E-state index contributed by atoms with van der Waals surface area (Å²) in [7, 11) is 0. The molecule has 0 saturated carbocycles. The van der Waals surface area contributed by atoms with Gasteiger partial charge in [0.05, 0.1) is 22.0 Å². The van der Waals surface area contributed by atoms with Crippen LogP contribution >= 0.6 is 35.1 Å². The lowest BCUT2D eigenvalue weighted by Crippen LogP contribution is -2.24. The largest absolute Gasteiger partial charge is 0.293 e. The number of Topliss-reactive ketones (excluding diaryl/α,β-unsaturated/α-hetero) is 1. The highest BCUT2D eigenvalue weighted by Crippen LogP contribution is 2.35. The Bertz CT molecular complexity index is 1170.